The van der Waals surface area contributed by atoms with E-state index in [0.29, 0.717) is 5.75 Å². The molecule has 0 N–H and O–H groups in total. The van der Waals surface area contributed by atoms with E-state index in [0.717, 1.165) is 35.6 Å². The van der Waals surface area contributed by atoms with Gasteiger partial charge >= 0.3 is 0 Å². The van der Waals surface area contributed by atoms with Crippen LogP contribution in [0.25, 0.3) is 6.08 Å². The molecule has 0 bridgehead atoms. The summed E-state index contributed by atoms with van der Waals surface area (Å²) in [5.41, 5.74) is 4.65. The number of thioether (sulfide) groups is 1. The molecule has 0 saturated heterocycles. The molecule has 1 aliphatic heterocycles. The molecule has 5 heteroatoms. The minimum absolute atomic E-state index is 0.0236. The molecule has 32 heavy (non-hydrogen) atoms. The van der Waals surface area contributed by atoms with Crippen LogP contribution in [0.2, 0.25) is 0 Å². The van der Waals surface area contributed by atoms with Gasteiger partial charge in [-0.3, -0.25) is 4.79 Å². The molecule has 2 unspecified atom stereocenters. The van der Waals surface area contributed by atoms with Gasteiger partial charge in [-0.1, -0.05) is 78.5 Å². The minimum Gasteiger partial charge on any atom is -0.272 e. The Morgan fingerprint density at radius 1 is 1.00 bits per heavy atom. The smallest absolute Gasteiger partial charge is 0.253 e. The van der Waals surface area contributed by atoms with Gasteiger partial charge in [0.2, 0.25) is 0 Å². The highest BCUT2D eigenvalue weighted by molar-refractivity contribution is 7.99. The van der Waals surface area contributed by atoms with E-state index in [4.69, 9.17) is 5.10 Å². The molecule has 1 aliphatic carbocycles. The summed E-state index contributed by atoms with van der Waals surface area (Å²) in [5, 5.41) is 7.55. The van der Waals surface area contributed by atoms with Crippen molar-refractivity contribution in [2.45, 2.75) is 30.3 Å². The fourth-order valence-electron chi connectivity index (χ4n) is 4.58. The zero-order valence-corrected chi connectivity index (χ0v) is 18.6. The second-order valence-electron chi connectivity index (χ2n) is 8.11. The lowest BCUT2D eigenvalue weighted by atomic mass is 9.77. The van der Waals surface area contributed by atoms with Crippen LogP contribution in [-0.2, 0) is 4.79 Å². The normalized spacial score (nSPS) is 21.3. The molecule has 0 spiro atoms. The first kappa shape index (κ1) is 20.7. The Kier molecular flexibility index (Phi) is 6.17. The van der Waals surface area contributed by atoms with Gasteiger partial charge < -0.3 is 0 Å². The number of nitrogens with zero attached hydrogens (tertiary/aromatic N) is 3. The molecule has 2 atom stereocenters. The first-order valence-corrected chi connectivity index (χ1v) is 12.0. The number of benzene rings is 2. The number of allylic oxidation sites excluding steroid dienone is 1. The third-order valence-corrected chi connectivity index (χ3v) is 6.95. The van der Waals surface area contributed by atoms with Gasteiger partial charge in [0, 0.05) is 12.1 Å². The third kappa shape index (κ3) is 4.39. The van der Waals surface area contributed by atoms with E-state index in [2.05, 4.69) is 47.5 Å². The van der Waals surface area contributed by atoms with Gasteiger partial charge in [-0.2, -0.15) is 5.10 Å². The van der Waals surface area contributed by atoms with E-state index in [1.807, 2.05) is 42.5 Å². The van der Waals surface area contributed by atoms with Crippen LogP contribution in [0.3, 0.4) is 0 Å². The van der Waals surface area contributed by atoms with E-state index in [-0.39, 0.29) is 17.9 Å². The Morgan fingerprint density at radius 3 is 2.50 bits per heavy atom. The molecule has 3 aromatic rings. The Hall–Kier alpha value is -3.18. The quantitative estimate of drug-likeness (QED) is 0.458. The molecule has 160 valence electrons. The van der Waals surface area contributed by atoms with Crippen molar-refractivity contribution in [3.8, 4) is 0 Å². The number of hydrazone groups is 1. The van der Waals surface area contributed by atoms with Crippen LogP contribution in [0, 0.1) is 5.92 Å². The monoisotopic (exact) mass is 439 g/mol. The summed E-state index contributed by atoms with van der Waals surface area (Å²) in [5.74, 6) is 0.571. The third-order valence-electron chi connectivity index (χ3n) is 6.02. The zero-order chi connectivity index (χ0) is 21.8. The van der Waals surface area contributed by atoms with E-state index in [1.165, 1.54) is 22.9 Å². The molecule has 2 heterocycles. The molecule has 1 fully saturated rings. The van der Waals surface area contributed by atoms with Gasteiger partial charge in [-0.05, 0) is 54.2 Å². The van der Waals surface area contributed by atoms with Gasteiger partial charge in [0.05, 0.1) is 22.5 Å². The SMILES string of the molecule is O=C(CSc1ccccn1)N1N=C2/C(=C/c3ccccc3)CCCC2C1c1ccccc1. The number of rotatable bonds is 5. The van der Waals surface area contributed by atoms with Gasteiger partial charge in [0.25, 0.3) is 5.91 Å². The van der Waals surface area contributed by atoms with Crippen LogP contribution in [0.4, 0.5) is 0 Å². The summed E-state index contributed by atoms with van der Waals surface area (Å²) in [6.45, 7) is 0. The highest BCUT2D eigenvalue weighted by Crippen LogP contribution is 2.44. The first-order valence-electron chi connectivity index (χ1n) is 11.0. The van der Waals surface area contributed by atoms with Crippen LogP contribution >= 0.6 is 11.8 Å². The van der Waals surface area contributed by atoms with Crippen LogP contribution in [-0.4, -0.2) is 27.4 Å². The number of carbonyl (C=O) groups is 1. The number of aromatic nitrogens is 1. The molecule has 5 rings (SSSR count). The average molecular weight is 440 g/mol. The fourth-order valence-corrected chi connectivity index (χ4v) is 5.29. The maximum absolute atomic E-state index is 13.4. The van der Waals surface area contributed by atoms with Crippen molar-refractivity contribution in [2.24, 2.45) is 11.0 Å². The molecular formula is C27H25N3OS. The van der Waals surface area contributed by atoms with Crippen molar-refractivity contribution in [3.63, 3.8) is 0 Å². The lowest BCUT2D eigenvalue weighted by Crippen LogP contribution is -2.32. The molecule has 1 aromatic heterocycles. The Labute approximate surface area is 193 Å². The average Bonchev–Trinajstić information content (AvgIpc) is 3.25. The lowest BCUT2D eigenvalue weighted by Gasteiger charge is -2.29. The van der Waals surface area contributed by atoms with Crippen LogP contribution in [0.5, 0.6) is 0 Å². The molecule has 0 radical (unpaired) electrons. The Balaban J connectivity index is 1.46. The number of hydrogen-bond acceptors (Lipinski definition) is 4. The standard InChI is InChI=1S/C27H25N3OS/c31-25(19-32-24-16-7-8-17-28-24)30-27(21-12-5-2-6-13-21)23-15-9-14-22(26(23)29-30)18-20-10-3-1-4-11-20/h1-8,10-13,16-18,23,27H,9,14-15,19H2/b22-18+. The largest absolute Gasteiger partial charge is 0.272 e. The van der Waals surface area contributed by atoms with Crippen LogP contribution in [0.1, 0.15) is 36.4 Å². The molecule has 1 amide bonds. The van der Waals surface area contributed by atoms with Crippen LogP contribution < -0.4 is 0 Å². The predicted molar refractivity (Wildman–Crippen MR) is 130 cm³/mol. The van der Waals surface area contributed by atoms with Crippen molar-refractivity contribution in [3.05, 3.63) is 102 Å². The van der Waals surface area contributed by atoms with Gasteiger partial charge in [-0.15, -0.1) is 0 Å². The topological polar surface area (TPSA) is 45.6 Å². The van der Waals surface area contributed by atoms with Gasteiger partial charge in [0.1, 0.15) is 0 Å². The predicted octanol–water partition coefficient (Wildman–Crippen LogP) is 6.00. The highest BCUT2D eigenvalue weighted by Gasteiger charge is 2.43. The Morgan fingerprint density at radius 2 is 1.75 bits per heavy atom. The maximum Gasteiger partial charge on any atom is 0.253 e. The zero-order valence-electron chi connectivity index (χ0n) is 17.8. The lowest BCUT2D eigenvalue weighted by molar-refractivity contribution is -0.130. The van der Waals surface area contributed by atoms with Gasteiger partial charge in [0.15, 0.2) is 0 Å². The summed E-state index contributed by atoms with van der Waals surface area (Å²) in [6.07, 6.45) is 7.14. The van der Waals surface area contributed by atoms with Crippen molar-refractivity contribution < 1.29 is 4.79 Å². The molecule has 2 aromatic carbocycles. The first-order chi connectivity index (χ1) is 15.8. The second-order valence-corrected chi connectivity index (χ2v) is 9.11. The Bertz CT molecular complexity index is 1130. The fraction of sp³-hybridized carbons (Fsp3) is 0.222. The summed E-state index contributed by atoms with van der Waals surface area (Å²) >= 11 is 1.46. The number of amides is 1. The van der Waals surface area contributed by atoms with Crippen molar-refractivity contribution in [1.29, 1.82) is 0 Å². The minimum atomic E-state index is -0.0532. The summed E-state index contributed by atoms with van der Waals surface area (Å²) < 4.78 is 0. The van der Waals surface area contributed by atoms with Crippen molar-refractivity contribution in [1.82, 2.24) is 9.99 Å². The van der Waals surface area contributed by atoms with Crippen LogP contribution in [0.15, 0.2) is 101 Å². The molecule has 1 saturated carbocycles. The van der Waals surface area contributed by atoms with E-state index in [9.17, 15) is 4.79 Å². The van der Waals surface area contributed by atoms with Gasteiger partial charge in [-0.25, -0.2) is 9.99 Å². The summed E-state index contributed by atoms with van der Waals surface area (Å²) in [7, 11) is 0. The number of fused-ring (bicyclic) bond motifs is 1. The van der Waals surface area contributed by atoms with E-state index >= 15 is 0 Å². The highest BCUT2D eigenvalue weighted by atomic mass is 32.2. The second kappa shape index (κ2) is 9.53. The molecular weight excluding hydrogens is 414 g/mol. The molecule has 2 aliphatic rings. The van der Waals surface area contributed by atoms with Crippen molar-refractivity contribution >= 4 is 29.5 Å². The number of pyridine rings is 1. The number of hydrogen-bond donors (Lipinski definition) is 0. The van der Waals surface area contributed by atoms with Crippen molar-refractivity contribution in [2.75, 3.05) is 5.75 Å². The molecule has 4 nitrogen and oxygen atoms in total. The van der Waals surface area contributed by atoms with E-state index in [1.54, 1.807) is 11.2 Å². The van der Waals surface area contributed by atoms with E-state index < -0.39 is 0 Å². The summed E-state index contributed by atoms with van der Waals surface area (Å²) in [6, 6.07) is 26.4. The maximum atomic E-state index is 13.4. The number of carbonyl (C=O) groups excluding carboxylic acids is 1. The summed E-state index contributed by atoms with van der Waals surface area (Å²) in [4.78, 5) is 17.7.